The van der Waals surface area contributed by atoms with Crippen LogP contribution in [-0.4, -0.2) is 24.1 Å². The molecule has 1 aromatic carbocycles. The first-order chi connectivity index (χ1) is 9.10. The van der Waals surface area contributed by atoms with E-state index in [1.165, 1.54) is 32.1 Å². The summed E-state index contributed by atoms with van der Waals surface area (Å²) in [6, 6.07) is 4.52. The zero-order valence-corrected chi connectivity index (χ0v) is 10.8. The summed E-state index contributed by atoms with van der Waals surface area (Å²) in [5, 5.41) is 11.7. The molecule has 1 aliphatic carbocycles. The summed E-state index contributed by atoms with van der Waals surface area (Å²) < 4.78 is 5.00. The number of amides is 1. The first-order valence-corrected chi connectivity index (χ1v) is 6.31. The first-order valence-electron chi connectivity index (χ1n) is 6.31. The average Bonchev–Trinajstić information content (AvgIpc) is 3.20. The lowest BCUT2D eigenvalue weighted by molar-refractivity contribution is -0.116. The number of nitrogens with one attached hydrogen (secondary N) is 1. The maximum atomic E-state index is 11.7. The molecular weight excluding hydrogens is 246 g/mol. The van der Waals surface area contributed by atoms with Crippen LogP contribution in [0.4, 0.5) is 5.69 Å². The third-order valence-electron chi connectivity index (χ3n) is 3.19. The molecule has 1 amide bonds. The van der Waals surface area contributed by atoms with Crippen LogP contribution < -0.4 is 10.1 Å². The van der Waals surface area contributed by atoms with Crippen molar-refractivity contribution in [2.45, 2.75) is 25.7 Å². The molecule has 0 radical (unpaired) electrons. The smallest absolute Gasteiger partial charge is 0.339 e. The summed E-state index contributed by atoms with van der Waals surface area (Å²) in [5.74, 6) is -0.136. The number of carbonyl (C=O) groups is 2. The molecule has 1 aromatic rings. The molecule has 0 unspecified atom stereocenters. The summed E-state index contributed by atoms with van der Waals surface area (Å²) in [6.45, 7) is 0. The van der Waals surface area contributed by atoms with Gasteiger partial charge in [0.25, 0.3) is 0 Å². The monoisotopic (exact) mass is 263 g/mol. The van der Waals surface area contributed by atoms with E-state index >= 15 is 0 Å². The van der Waals surface area contributed by atoms with Gasteiger partial charge in [-0.3, -0.25) is 4.79 Å². The lowest BCUT2D eigenvalue weighted by Gasteiger charge is -2.09. The van der Waals surface area contributed by atoms with Crippen molar-refractivity contribution >= 4 is 17.6 Å². The van der Waals surface area contributed by atoms with E-state index in [4.69, 9.17) is 9.84 Å². The summed E-state index contributed by atoms with van der Waals surface area (Å²) in [7, 11) is 1.40. The van der Waals surface area contributed by atoms with Gasteiger partial charge in [-0.15, -0.1) is 0 Å². The average molecular weight is 263 g/mol. The third kappa shape index (κ3) is 3.71. The molecule has 0 atom stereocenters. The molecule has 0 aliphatic heterocycles. The van der Waals surface area contributed by atoms with E-state index in [2.05, 4.69) is 5.32 Å². The standard InChI is InChI=1S/C14H17NO4/c1-19-12-8-10(5-6-11(12)14(17)18)15-13(16)7-4-9-2-3-9/h5-6,8-9H,2-4,7H2,1H3,(H,15,16)(H,17,18). The van der Waals surface area contributed by atoms with E-state index in [1.807, 2.05) is 0 Å². The lowest BCUT2D eigenvalue weighted by atomic mass is 10.1. The molecule has 0 bridgehead atoms. The number of rotatable bonds is 6. The van der Waals surface area contributed by atoms with Gasteiger partial charge >= 0.3 is 5.97 Å². The molecule has 1 aliphatic rings. The van der Waals surface area contributed by atoms with Crippen molar-refractivity contribution in [3.05, 3.63) is 23.8 Å². The summed E-state index contributed by atoms with van der Waals surface area (Å²) in [5.41, 5.74) is 0.640. The second-order valence-corrected chi connectivity index (χ2v) is 4.75. The number of anilines is 1. The van der Waals surface area contributed by atoms with Gasteiger partial charge in [0.1, 0.15) is 11.3 Å². The Morgan fingerprint density at radius 1 is 1.42 bits per heavy atom. The molecule has 1 fully saturated rings. The Balaban J connectivity index is 1.99. The SMILES string of the molecule is COc1cc(NC(=O)CCC2CC2)ccc1C(=O)O. The molecule has 0 aromatic heterocycles. The molecule has 19 heavy (non-hydrogen) atoms. The van der Waals surface area contributed by atoms with Gasteiger partial charge in [-0.25, -0.2) is 4.79 Å². The van der Waals surface area contributed by atoms with E-state index in [1.54, 1.807) is 6.07 Å². The van der Waals surface area contributed by atoms with E-state index < -0.39 is 5.97 Å². The van der Waals surface area contributed by atoms with Gasteiger partial charge in [-0.2, -0.15) is 0 Å². The minimum absolute atomic E-state index is 0.0444. The van der Waals surface area contributed by atoms with Crippen molar-refractivity contribution in [2.24, 2.45) is 5.92 Å². The fourth-order valence-electron chi connectivity index (χ4n) is 1.91. The first kappa shape index (κ1) is 13.4. The Morgan fingerprint density at radius 3 is 2.74 bits per heavy atom. The molecule has 2 N–H and O–H groups in total. The largest absolute Gasteiger partial charge is 0.496 e. The van der Waals surface area contributed by atoms with Crippen molar-refractivity contribution in [3.8, 4) is 5.75 Å². The predicted molar refractivity (Wildman–Crippen MR) is 70.5 cm³/mol. The molecule has 5 heteroatoms. The summed E-state index contributed by atoms with van der Waals surface area (Å²) in [6.07, 6.45) is 3.90. The predicted octanol–water partition coefficient (Wildman–Crippen LogP) is 2.52. The summed E-state index contributed by atoms with van der Waals surface area (Å²) in [4.78, 5) is 22.6. The van der Waals surface area contributed by atoms with Crippen molar-refractivity contribution in [3.63, 3.8) is 0 Å². The Hall–Kier alpha value is -2.04. The molecule has 5 nitrogen and oxygen atoms in total. The quantitative estimate of drug-likeness (QED) is 0.827. The highest BCUT2D eigenvalue weighted by Crippen LogP contribution is 2.33. The third-order valence-corrected chi connectivity index (χ3v) is 3.19. The number of ether oxygens (including phenoxy) is 1. The van der Waals surface area contributed by atoms with Crippen molar-refractivity contribution in [1.82, 2.24) is 0 Å². The number of hydrogen-bond acceptors (Lipinski definition) is 3. The van der Waals surface area contributed by atoms with Crippen molar-refractivity contribution < 1.29 is 19.4 Å². The van der Waals surface area contributed by atoms with Gasteiger partial charge < -0.3 is 15.2 Å². The van der Waals surface area contributed by atoms with Gasteiger partial charge in [0.15, 0.2) is 0 Å². The van der Waals surface area contributed by atoms with Crippen molar-refractivity contribution in [2.75, 3.05) is 12.4 Å². The van der Waals surface area contributed by atoms with Crippen LogP contribution in [0.2, 0.25) is 0 Å². The highest BCUT2D eigenvalue weighted by Gasteiger charge is 2.22. The molecule has 0 heterocycles. The van der Waals surface area contributed by atoms with Crippen LogP contribution in [0, 0.1) is 5.92 Å². The number of carboxylic acids is 1. The minimum Gasteiger partial charge on any atom is -0.496 e. The van der Waals surface area contributed by atoms with E-state index in [-0.39, 0.29) is 17.2 Å². The molecular formula is C14H17NO4. The van der Waals surface area contributed by atoms with Gasteiger partial charge in [0.2, 0.25) is 5.91 Å². The van der Waals surface area contributed by atoms with E-state index in [0.29, 0.717) is 12.1 Å². The molecule has 1 saturated carbocycles. The van der Waals surface area contributed by atoms with Crippen LogP contribution in [-0.2, 0) is 4.79 Å². The number of carbonyl (C=O) groups excluding carboxylic acids is 1. The summed E-state index contributed by atoms with van der Waals surface area (Å²) >= 11 is 0. The number of hydrogen-bond donors (Lipinski definition) is 2. The van der Waals surface area contributed by atoms with E-state index in [9.17, 15) is 9.59 Å². The topological polar surface area (TPSA) is 75.6 Å². The second-order valence-electron chi connectivity index (χ2n) is 4.75. The minimum atomic E-state index is -1.05. The molecule has 0 saturated heterocycles. The van der Waals surface area contributed by atoms with E-state index in [0.717, 1.165) is 12.3 Å². The maximum absolute atomic E-state index is 11.7. The van der Waals surface area contributed by atoms with Gasteiger partial charge in [0, 0.05) is 18.2 Å². The number of carboxylic acid groups (broad SMARTS) is 1. The molecule has 0 spiro atoms. The van der Waals surface area contributed by atoms with Crippen LogP contribution in [0.3, 0.4) is 0 Å². The number of methoxy groups -OCH3 is 1. The highest BCUT2D eigenvalue weighted by molar-refractivity contribution is 5.94. The Labute approximate surface area is 111 Å². The zero-order chi connectivity index (χ0) is 13.8. The molecule has 2 rings (SSSR count). The fraction of sp³-hybridized carbons (Fsp3) is 0.429. The maximum Gasteiger partial charge on any atom is 0.339 e. The van der Waals surface area contributed by atoms with Gasteiger partial charge in [0.05, 0.1) is 7.11 Å². The molecule has 102 valence electrons. The lowest BCUT2D eigenvalue weighted by Crippen LogP contribution is -2.12. The van der Waals surface area contributed by atoms with Gasteiger partial charge in [-0.05, 0) is 24.5 Å². The zero-order valence-electron chi connectivity index (χ0n) is 10.8. The fourth-order valence-corrected chi connectivity index (χ4v) is 1.91. The van der Waals surface area contributed by atoms with Crippen LogP contribution >= 0.6 is 0 Å². The van der Waals surface area contributed by atoms with Gasteiger partial charge in [-0.1, -0.05) is 12.8 Å². The number of benzene rings is 1. The highest BCUT2D eigenvalue weighted by atomic mass is 16.5. The Kier molecular flexibility index (Phi) is 4.04. The van der Waals surface area contributed by atoms with Crippen molar-refractivity contribution in [1.29, 1.82) is 0 Å². The second kappa shape index (κ2) is 5.73. The van der Waals surface area contributed by atoms with Crippen LogP contribution in [0.5, 0.6) is 5.75 Å². The Bertz CT molecular complexity index is 494. The number of aromatic carboxylic acids is 1. The normalized spacial score (nSPS) is 13.9. The van der Waals surface area contributed by atoms with Crippen LogP contribution in [0.25, 0.3) is 0 Å². The van der Waals surface area contributed by atoms with Crippen LogP contribution in [0.1, 0.15) is 36.0 Å². The van der Waals surface area contributed by atoms with Crippen LogP contribution in [0.15, 0.2) is 18.2 Å². The Morgan fingerprint density at radius 2 is 2.16 bits per heavy atom.